The highest BCUT2D eigenvalue weighted by molar-refractivity contribution is 5.80. The summed E-state index contributed by atoms with van der Waals surface area (Å²) in [6.07, 6.45) is 0. The van der Waals surface area contributed by atoms with Crippen LogP contribution in [0.15, 0.2) is 38.6 Å². The van der Waals surface area contributed by atoms with Crippen molar-refractivity contribution in [2.24, 2.45) is 5.11 Å². The highest BCUT2D eigenvalue weighted by Crippen LogP contribution is 2.23. The molecule has 0 bridgehead atoms. The first kappa shape index (κ1) is 16.4. The number of benzene rings is 1. The maximum absolute atomic E-state index is 11.6. The fourth-order valence-corrected chi connectivity index (χ4v) is 1.80. The second-order valence-electron chi connectivity index (χ2n) is 5.68. The van der Waals surface area contributed by atoms with E-state index in [0.717, 1.165) is 0 Å². The zero-order valence-corrected chi connectivity index (χ0v) is 12.9. The average molecular weight is 317 g/mol. The Morgan fingerprint density at radius 1 is 1.35 bits per heavy atom. The molecule has 8 heteroatoms. The molecule has 2 aromatic rings. The third-order valence-corrected chi connectivity index (χ3v) is 2.62. The summed E-state index contributed by atoms with van der Waals surface area (Å²) in [6.45, 7) is 5.02. The Hall–Kier alpha value is -2.99. The van der Waals surface area contributed by atoms with E-state index >= 15 is 0 Å². The standard InChI is InChI=1S/C15H15N3O5/c1-15(2,3)23-13(19)8-21-10-5-4-9-6-11(17-18-16)14(20)22-12(9)7-10/h4-7H,8H2,1-3H3. The number of nitrogens with zero attached hydrogens (tertiary/aromatic N) is 3. The summed E-state index contributed by atoms with van der Waals surface area (Å²) >= 11 is 0. The normalized spacial score (nSPS) is 10.9. The third kappa shape index (κ3) is 4.49. The predicted octanol–water partition coefficient (Wildman–Crippen LogP) is 3.46. The van der Waals surface area contributed by atoms with E-state index in [1.54, 1.807) is 32.9 Å². The van der Waals surface area contributed by atoms with Gasteiger partial charge in [0.05, 0.1) is 0 Å². The lowest BCUT2D eigenvalue weighted by Gasteiger charge is -2.19. The molecule has 0 amide bonds. The van der Waals surface area contributed by atoms with Gasteiger partial charge in [-0.3, -0.25) is 0 Å². The lowest BCUT2D eigenvalue weighted by molar-refractivity contribution is -0.157. The molecule has 0 fully saturated rings. The van der Waals surface area contributed by atoms with Gasteiger partial charge < -0.3 is 13.9 Å². The van der Waals surface area contributed by atoms with Gasteiger partial charge in [0, 0.05) is 16.4 Å². The van der Waals surface area contributed by atoms with Crippen molar-refractivity contribution < 1.29 is 18.7 Å². The zero-order chi connectivity index (χ0) is 17.0. The van der Waals surface area contributed by atoms with Gasteiger partial charge in [0.2, 0.25) is 0 Å². The topological polar surface area (TPSA) is 115 Å². The molecule has 120 valence electrons. The van der Waals surface area contributed by atoms with Gasteiger partial charge in [0.15, 0.2) is 6.61 Å². The van der Waals surface area contributed by atoms with E-state index < -0.39 is 17.2 Å². The van der Waals surface area contributed by atoms with Crippen LogP contribution in [0, 0.1) is 0 Å². The summed E-state index contributed by atoms with van der Waals surface area (Å²) in [5.74, 6) is -0.152. The number of ether oxygens (including phenoxy) is 2. The maximum atomic E-state index is 11.6. The summed E-state index contributed by atoms with van der Waals surface area (Å²) in [5, 5.41) is 3.82. The Morgan fingerprint density at radius 3 is 2.74 bits per heavy atom. The Labute approximate surface area is 131 Å². The molecule has 0 aliphatic heterocycles. The molecule has 23 heavy (non-hydrogen) atoms. The largest absolute Gasteiger partial charge is 0.482 e. The van der Waals surface area contributed by atoms with Gasteiger partial charge in [-0.25, -0.2) is 9.59 Å². The molecule has 1 aromatic heterocycles. The second-order valence-corrected chi connectivity index (χ2v) is 5.68. The fourth-order valence-electron chi connectivity index (χ4n) is 1.80. The summed E-state index contributed by atoms with van der Waals surface area (Å²) in [7, 11) is 0. The van der Waals surface area contributed by atoms with E-state index in [1.165, 1.54) is 12.1 Å². The Bertz CT molecular complexity index is 844. The Kier molecular flexibility index (Phi) is 4.57. The predicted molar refractivity (Wildman–Crippen MR) is 82.6 cm³/mol. The molecular weight excluding hydrogens is 302 g/mol. The molecule has 8 nitrogen and oxygen atoms in total. The van der Waals surface area contributed by atoms with E-state index in [4.69, 9.17) is 19.4 Å². The van der Waals surface area contributed by atoms with Crippen LogP contribution in [0.3, 0.4) is 0 Å². The minimum absolute atomic E-state index is 0.123. The number of rotatable bonds is 4. The van der Waals surface area contributed by atoms with E-state index in [1.807, 2.05) is 0 Å². The quantitative estimate of drug-likeness (QED) is 0.281. The van der Waals surface area contributed by atoms with Gasteiger partial charge in [0.25, 0.3) is 0 Å². The first-order chi connectivity index (χ1) is 10.8. The smallest absolute Gasteiger partial charge is 0.345 e. The van der Waals surface area contributed by atoms with Gasteiger partial charge in [0.1, 0.15) is 22.6 Å². The van der Waals surface area contributed by atoms with Crippen LogP contribution in [-0.2, 0) is 9.53 Å². The van der Waals surface area contributed by atoms with Gasteiger partial charge in [-0.2, -0.15) is 0 Å². The van der Waals surface area contributed by atoms with Crippen LogP contribution in [0.2, 0.25) is 0 Å². The fraction of sp³-hybridized carbons (Fsp3) is 0.333. The maximum Gasteiger partial charge on any atom is 0.345 e. The highest BCUT2D eigenvalue weighted by Gasteiger charge is 2.16. The lowest BCUT2D eigenvalue weighted by atomic mass is 10.2. The van der Waals surface area contributed by atoms with E-state index in [0.29, 0.717) is 11.1 Å². The molecule has 0 saturated carbocycles. The van der Waals surface area contributed by atoms with Crippen LogP contribution in [0.4, 0.5) is 5.69 Å². The van der Waals surface area contributed by atoms with Crippen molar-refractivity contribution >= 4 is 22.6 Å². The van der Waals surface area contributed by atoms with Crippen molar-refractivity contribution in [3.8, 4) is 5.75 Å². The second kappa shape index (κ2) is 6.41. The van der Waals surface area contributed by atoms with Crippen LogP contribution < -0.4 is 10.4 Å². The molecule has 0 aliphatic carbocycles. The molecule has 0 radical (unpaired) electrons. The molecular formula is C15H15N3O5. The summed E-state index contributed by atoms with van der Waals surface area (Å²) < 4.78 is 15.5. The monoisotopic (exact) mass is 317 g/mol. The van der Waals surface area contributed by atoms with E-state index in [9.17, 15) is 9.59 Å². The number of carbonyl (C=O) groups is 1. The van der Waals surface area contributed by atoms with Crippen molar-refractivity contribution in [1.29, 1.82) is 0 Å². The van der Waals surface area contributed by atoms with Gasteiger partial charge in [-0.05, 0) is 44.5 Å². The number of fused-ring (bicyclic) bond motifs is 1. The number of azide groups is 1. The van der Waals surface area contributed by atoms with Crippen molar-refractivity contribution in [2.45, 2.75) is 26.4 Å². The minimum Gasteiger partial charge on any atom is -0.482 e. The van der Waals surface area contributed by atoms with Crippen molar-refractivity contribution in [3.63, 3.8) is 0 Å². The SMILES string of the molecule is CC(C)(C)OC(=O)COc1ccc2cc(N=[N+]=[N-])c(=O)oc2c1. The molecule has 2 rings (SSSR count). The number of hydrogen-bond acceptors (Lipinski definition) is 6. The molecule has 0 aliphatic rings. The zero-order valence-electron chi connectivity index (χ0n) is 12.9. The molecule has 1 aromatic carbocycles. The first-order valence-electron chi connectivity index (χ1n) is 6.76. The lowest BCUT2D eigenvalue weighted by Crippen LogP contribution is -2.27. The van der Waals surface area contributed by atoms with Crippen molar-refractivity contribution in [1.82, 2.24) is 0 Å². The van der Waals surface area contributed by atoms with Crippen LogP contribution in [0.25, 0.3) is 21.4 Å². The number of carbonyl (C=O) groups excluding carboxylic acids is 1. The molecule has 1 heterocycles. The number of esters is 1. The van der Waals surface area contributed by atoms with Crippen LogP contribution in [-0.4, -0.2) is 18.2 Å². The van der Waals surface area contributed by atoms with Crippen LogP contribution >= 0.6 is 0 Å². The van der Waals surface area contributed by atoms with E-state index in [2.05, 4.69) is 10.0 Å². The summed E-state index contributed by atoms with van der Waals surface area (Å²) in [6, 6.07) is 6.12. The van der Waals surface area contributed by atoms with Gasteiger partial charge in [-0.15, -0.1) is 0 Å². The van der Waals surface area contributed by atoms with Crippen LogP contribution in [0.5, 0.6) is 5.75 Å². The van der Waals surface area contributed by atoms with Crippen LogP contribution in [0.1, 0.15) is 20.8 Å². The van der Waals surface area contributed by atoms with E-state index in [-0.39, 0.29) is 17.9 Å². The first-order valence-corrected chi connectivity index (χ1v) is 6.76. The molecule has 0 unspecified atom stereocenters. The Balaban J connectivity index is 2.17. The Morgan fingerprint density at radius 2 is 2.09 bits per heavy atom. The average Bonchev–Trinajstić information content (AvgIpc) is 2.44. The molecule has 0 spiro atoms. The molecule has 0 N–H and O–H groups in total. The third-order valence-electron chi connectivity index (χ3n) is 2.62. The van der Waals surface area contributed by atoms with Crippen molar-refractivity contribution in [2.75, 3.05) is 6.61 Å². The summed E-state index contributed by atoms with van der Waals surface area (Å²) in [4.78, 5) is 25.8. The number of hydrogen-bond donors (Lipinski definition) is 0. The van der Waals surface area contributed by atoms with Gasteiger partial charge in [-0.1, -0.05) is 5.11 Å². The molecule has 0 saturated heterocycles. The van der Waals surface area contributed by atoms with Gasteiger partial charge >= 0.3 is 11.6 Å². The molecule has 0 atom stereocenters. The van der Waals surface area contributed by atoms with Crippen molar-refractivity contribution in [3.05, 3.63) is 45.1 Å². The highest BCUT2D eigenvalue weighted by atomic mass is 16.6. The minimum atomic E-state index is -0.750. The summed E-state index contributed by atoms with van der Waals surface area (Å²) in [5.41, 5.74) is 7.17.